The van der Waals surface area contributed by atoms with Gasteiger partial charge in [-0.05, 0) is 71.4 Å². The van der Waals surface area contributed by atoms with E-state index in [0.29, 0.717) is 27.5 Å². The second-order valence-corrected chi connectivity index (χ2v) is 11.0. The second-order valence-electron chi connectivity index (χ2n) is 9.18. The van der Waals surface area contributed by atoms with E-state index in [-0.39, 0.29) is 27.9 Å². The van der Waals surface area contributed by atoms with Crippen LogP contribution in [0.15, 0.2) is 71.4 Å². The maximum absolute atomic E-state index is 12.7. The van der Waals surface area contributed by atoms with Gasteiger partial charge in [0.05, 0.1) is 20.8 Å². The molecule has 0 amide bonds. The Kier molecular flexibility index (Phi) is 10.9. The standard InChI is InChI=1S/C18H20O8S.C12H10O3S/c1-24-10-4-2-9(3-5-10)13(20)17-11(6-7-27-17)25-18-16(23)15(22)14(21)12(8-19)26-18;1-15-9-4-2-8(3-5-9)11(14)12-10(13)6-7-16-12/h2-7,12,14-16,18-19,21-23H,8H2,1H3;2-7,13H,1H3. The van der Waals surface area contributed by atoms with Crippen LogP contribution in [0.1, 0.15) is 30.5 Å². The molecule has 1 aliphatic heterocycles. The highest BCUT2D eigenvalue weighted by Gasteiger charge is 2.45. The third kappa shape index (κ3) is 7.40. The number of methoxy groups -OCH3 is 2. The van der Waals surface area contributed by atoms with Gasteiger partial charge in [0.15, 0.2) is 0 Å². The van der Waals surface area contributed by atoms with E-state index in [0.717, 1.165) is 11.3 Å². The Morgan fingerprint density at radius 3 is 1.74 bits per heavy atom. The van der Waals surface area contributed by atoms with Gasteiger partial charge in [-0.3, -0.25) is 9.59 Å². The molecular formula is C30H30O11S2. The molecule has 2 aromatic carbocycles. The summed E-state index contributed by atoms with van der Waals surface area (Å²) in [6.45, 7) is -0.563. The fourth-order valence-corrected chi connectivity index (χ4v) is 5.60. The van der Waals surface area contributed by atoms with E-state index in [1.54, 1.807) is 72.5 Å². The number of rotatable bonds is 9. The van der Waals surface area contributed by atoms with E-state index in [2.05, 4.69) is 0 Å². The molecule has 13 heteroatoms. The monoisotopic (exact) mass is 630 g/mol. The Labute approximate surface area is 254 Å². The maximum atomic E-state index is 12.7. The van der Waals surface area contributed by atoms with Crippen molar-refractivity contribution in [3.05, 3.63) is 92.3 Å². The third-order valence-corrected chi connectivity index (χ3v) is 8.28. The molecule has 0 spiro atoms. The number of aliphatic hydroxyl groups excluding tert-OH is 4. The number of aliphatic hydroxyl groups is 4. The SMILES string of the molecule is COc1ccc(C(=O)c2sccc2O)cc1.COc1ccc(C(=O)c2sccc2OC2OC(CO)C(O)C(O)C2O)cc1. The molecule has 5 N–H and O–H groups in total. The van der Waals surface area contributed by atoms with Crippen LogP contribution in [0.4, 0.5) is 0 Å². The molecule has 0 saturated carbocycles. The largest absolute Gasteiger partial charge is 0.506 e. The van der Waals surface area contributed by atoms with Crippen LogP contribution in [0.2, 0.25) is 0 Å². The Balaban J connectivity index is 0.000000225. The Morgan fingerprint density at radius 1 is 0.744 bits per heavy atom. The first-order valence-corrected chi connectivity index (χ1v) is 14.6. The van der Waals surface area contributed by atoms with E-state index in [9.17, 15) is 35.1 Å². The lowest BCUT2D eigenvalue weighted by Crippen LogP contribution is -2.60. The fraction of sp³-hybridized carbons (Fsp3) is 0.267. The van der Waals surface area contributed by atoms with Crippen LogP contribution in [0.5, 0.6) is 23.0 Å². The molecule has 5 atom stereocenters. The number of ether oxygens (including phenoxy) is 4. The van der Waals surface area contributed by atoms with Crippen molar-refractivity contribution in [3.63, 3.8) is 0 Å². The molecule has 228 valence electrons. The zero-order valence-corrected chi connectivity index (χ0v) is 24.7. The number of hydrogen-bond acceptors (Lipinski definition) is 13. The van der Waals surface area contributed by atoms with Crippen molar-refractivity contribution in [1.29, 1.82) is 0 Å². The van der Waals surface area contributed by atoms with Crippen molar-refractivity contribution in [3.8, 4) is 23.0 Å². The van der Waals surface area contributed by atoms with Crippen molar-refractivity contribution < 1.29 is 54.1 Å². The van der Waals surface area contributed by atoms with Crippen LogP contribution in [-0.2, 0) is 4.74 Å². The van der Waals surface area contributed by atoms with Gasteiger partial charge in [-0.15, -0.1) is 22.7 Å². The van der Waals surface area contributed by atoms with Crippen molar-refractivity contribution in [2.75, 3.05) is 20.8 Å². The summed E-state index contributed by atoms with van der Waals surface area (Å²) in [5.41, 5.74) is 0.968. The Bertz CT molecular complexity index is 1500. The first-order chi connectivity index (χ1) is 20.7. The van der Waals surface area contributed by atoms with Crippen LogP contribution in [-0.4, -0.2) is 88.6 Å². The summed E-state index contributed by atoms with van der Waals surface area (Å²) >= 11 is 2.39. The van der Waals surface area contributed by atoms with Gasteiger partial charge in [0.1, 0.15) is 57.2 Å². The highest BCUT2D eigenvalue weighted by Crippen LogP contribution is 2.32. The number of hydrogen-bond donors (Lipinski definition) is 5. The molecule has 43 heavy (non-hydrogen) atoms. The quantitative estimate of drug-likeness (QED) is 0.172. The van der Waals surface area contributed by atoms with Gasteiger partial charge in [-0.2, -0.15) is 0 Å². The molecule has 0 bridgehead atoms. The van der Waals surface area contributed by atoms with Crippen LogP contribution in [0.25, 0.3) is 0 Å². The van der Waals surface area contributed by atoms with Crippen molar-refractivity contribution in [1.82, 2.24) is 0 Å². The van der Waals surface area contributed by atoms with E-state index < -0.39 is 37.3 Å². The average molecular weight is 631 g/mol. The lowest BCUT2D eigenvalue weighted by atomic mass is 9.99. The highest BCUT2D eigenvalue weighted by molar-refractivity contribution is 7.13. The average Bonchev–Trinajstić information content (AvgIpc) is 3.69. The summed E-state index contributed by atoms with van der Waals surface area (Å²) in [6.07, 6.45) is -7.02. The summed E-state index contributed by atoms with van der Waals surface area (Å²) < 4.78 is 21.0. The number of carbonyl (C=O) groups excluding carboxylic acids is 2. The van der Waals surface area contributed by atoms with E-state index in [1.807, 2.05) is 0 Å². The predicted molar refractivity (Wildman–Crippen MR) is 158 cm³/mol. The van der Waals surface area contributed by atoms with Crippen LogP contribution in [0.3, 0.4) is 0 Å². The van der Waals surface area contributed by atoms with Gasteiger partial charge < -0.3 is 44.5 Å². The number of aromatic hydroxyl groups is 1. The second kappa shape index (κ2) is 14.6. The van der Waals surface area contributed by atoms with E-state index >= 15 is 0 Å². The van der Waals surface area contributed by atoms with Crippen LogP contribution < -0.4 is 14.2 Å². The number of ketones is 2. The van der Waals surface area contributed by atoms with Gasteiger partial charge in [0.25, 0.3) is 0 Å². The topological polar surface area (TPSA) is 172 Å². The molecule has 1 aliphatic rings. The van der Waals surface area contributed by atoms with Crippen LogP contribution >= 0.6 is 22.7 Å². The molecule has 1 fully saturated rings. The first kappa shape index (κ1) is 32.1. The Hall–Kier alpha value is -3.82. The minimum Gasteiger partial charge on any atom is -0.506 e. The molecule has 11 nitrogen and oxygen atoms in total. The smallest absolute Gasteiger partial charge is 0.229 e. The van der Waals surface area contributed by atoms with Gasteiger partial charge in [0.2, 0.25) is 17.9 Å². The lowest BCUT2D eigenvalue weighted by Gasteiger charge is -2.39. The molecule has 4 aromatic rings. The third-order valence-electron chi connectivity index (χ3n) is 6.48. The molecule has 5 rings (SSSR count). The summed E-state index contributed by atoms with van der Waals surface area (Å²) in [5.74, 6) is 1.07. The number of benzene rings is 2. The van der Waals surface area contributed by atoms with Crippen molar-refractivity contribution in [2.24, 2.45) is 0 Å². The molecule has 5 unspecified atom stereocenters. The molecule has 0 radical (unpaired) electrons. The van der Waals surface area contributed by atoms with Crippen molar-refractivity contribution in [2.45, 2.75) is 30.7 Å². The molecule has 1 saturated heterocycles. The first-order valence-electron chi connectivity index (χ1n) is 12.9. The molecule has 0 aliphatic carbocycles. The van der Waals surface area contributed by atoms with Gasteiger partial charge in [-0.25, -0.2) is 0 Å². The zero-order chi connectivity index (χ0) is 31.1. The molecule has 2 aromatic heterocycles. The minimum atomic E-state index is -1.56. The minimum absolute atomic E-state index is 0.0332. The molecule has 3 heterocycles. The number of carbonyl (C=O) groups is 2. The summed E-state index contributed by atoms with van der Waals surface area (Å²) in [4.78, 5) is 25.3. The van der Waals surface area contributed by atoms with Gasteiger partial charge in [0, 0.05) is 11.1 Å². The predicted octanol–water partition coefficient (Wildman–Crippen LogP) is 2.86. The lowest BCUT2D eigenvalue weighted by molar-refractivity contribution is -0.277. The van der Waals surface area contributed by atoms with E-state index in [4.69, 9.17) is 18.9 Å². The normalized spacial score (nSPS) is 21.3. The van der Waals surface area contributed by atoms with Crippen LogP contribution in [0, 0.1) is 0 Å². The van der Waals surface area contributed by atoms with Gasteiger partial charge in [-0.1, -0.05) is 0 Å². The maximum Gasteiger partial charge on any atom is 0.229 e. The Morgan fingerprint density at radius 2 is 1.26 bits per heavy atom. The number of thiophene rings is 2. The fourth-order valence-electron chi connectivity index (χ4n) is 4.07. The van der Waals surface area contributed by atoms with Crippen molar-refractivity contribution >= 4 is 34.2 Å². The van der Waals surface area contributed by atoms with E-state index in [1.165, 1.54) is 24.5 Å². The molecular weight excluding hydrogens is 600 g/mol. The highest BCUT2D eigenvalue weighted by atomic mass is 32.1. The summed E-state index contributed by atoms with van der Waals surface area (Å²) in [6, 6.07) is 16.4. The zero-order valence-electron chi connectivity index (χ0n) is 23.0. The summed E-state index contributed by atoms with van der Waals surface area (Å²) in [5, 5.41) is 51.8. The van der Waals surface area contributed by atoms with Gasteiger partial charge >= 0.3 is 0 Å². The summed E-state index contributed by atoms with van der Waals surface area (Å²) in [7, 11) is 3.10.